The van der Waals surface area contributed by atoms with E-state index in [0.29, 0.717) is 10.7 Å². The van der Waals surface area contributed by atoms with Crippen LogP contribution >= 0.6 is 11.6 Å². The standard InChI is InChI=1S/C32H27ClN6O3/c33-23-14-16-24(17-15-23)38-31(41)28-30(32(38)42)37(36-34-28)19-26(40)39-29(21-10-5-2-6-11-21)25-13-7-12-22(27(25)35-39)18-20-8-3-1-4-9-20/h1-6,8-11,14-18,25,28-30H,7,12-13,19H2/b22-18+/t25-,28+,29+,30-/m0/s1. The van der Waals surface area contributed by atoms with Gasteiger partial charge in [-0.1, -0.05) is 77.5 Å². The second-order valence-corrected chi connectivity index (χ2v) is 11.3. The molecule has 0 spiro atoms. The summed E-state index contributed by atoms with van der Waals surface area (Å²) in [4.78, 5) is 41.7. The molecule has 1 saturated heterocycles. The Bertz CT molecular complexity index is 1640. The van der Waals surface area contributed by atoms with Gasteiger partial charge < -0.3 is 0 Å². The SMILES string of the molecule is O=C1[C@@H]2[C@@H](N=NN2CC(=O)N2N=C3/C(=C/c4ccccc4)CCC[C@@H]3[C@H]2c2ccccc2)C(=O)N1c1ccc(Cl)cc1. The Morgan fingerprint density at radius 1 is 0.905 bits per heavy atom. The number of carbonyl (C=O) groups excluding carboxylic acids is 3. The number of carbonyl (C=O) groups is 3. The van der Waals surface area contributed by atoms with Crippen molar-refractivity contribution in [2.45, 2.75) is 37.4 Å². The third-order valence-electron chi connectivity index (χ3n) is 8.28. The van der Waals surface area contributed by atoms with Crippen molar-refractivity contribution >= 4 is 46.8 Å². The van der Waals surface area contributed by atoms with Gasteiger partial charge >= 0.3 is 0 Å². The van der Waals surface area contributed by atoms with Crippen LogP contribution in [0.1, 0.15) is 36.4 Å². The Labute approximate surface area is 247 Å². The Morgan fingerprint density at radius 3 is 2.36 bits per heavy atom. The summed E-state index contributed by atoms with van der Waals surface area (Å²) in [5.41, 5.74) is 4.55. The molecule has 10 heteroatoms. The number of hydrogen-bond acceptors (Lipinski definition) is 7. The topological polar surface area (TPSA) is 98.0 Å². The highest BCUT2D eigenvalue weighted by atomic mass is 35.5. The molecule has 0 aromatic heterocycles. The highest BCUT2D eigenvalue weighted by Gasteiger charge is 2.55. The molecule has 4 aliphatic rings. The van der Waals surface area contributed by atoms with Crippen LogP contribution in [0.4, 0.5) is 5.69 Å². The van der Waals surface area contributed by atoms with E-state index >= 15 is 0 Å². The zero-order chi connectivity index (χ0) is 28.8. The number of fused-ring (bicyclic) bond motifs is 2. The van der Waals surface area contributed by atoms with E-state index in [-0.39, 0.29) is 24.4 Å². The van der Waals surface area contributed by atoms with Gasteiger partial charge in [0.1, 0.15) is 6.54 Å². The lowest BCUT2D eigenvalue weighted by Gasteiger charge is -2.30. The molecule has 0 bridgehead atoms. The number of anilines is 1. The average molecular weight is 579 g/mol. The van der Waals surface area contributed by atoms with E-state index in [9.17, 15) is 14.4 Å². The van der Waals surface area contributed by atoms with Gasteiger partial charge in [0.05, 0.1) is 17.4 Å². The predicted molar refractivity (Wildman–Crippen MR) is 158 cm³/mol. The number of halogens is 1. The van der Waals surface area contributed by atoms with E-state index in [1.54, 1.807) is 29.3 Å². The van der Waals surface area contributed by atoms with Crippen molar-refractivity contribution < 1.29 is 14.4 Å². The molecule has 3 amide bonds. The minimum atomic E-state index is -1.00. The maximum absolute atomic E-state index is 14.0. The normalized spacial score (nSPS) is 25.7. The minimum absolute atomic E-state index is 0.0445. The molecule has 1 saturated carbocycles. The lowest BCUT2D eigenvalue weighted by molar-refractivity contribution is -0.136. The van der Waals surface area contributed by atoms with Crippen LogP contribution in [0.2, 0.25) is 5.02 Å². The number of allylic oxidation sites excluding steroid dienone is 1. The monoisotopic (exact) mass is 578 g/mol. The van der Waals surface area contributed by atoms with Crippen LogP contribution in [0.5, 0.6) is 0 Å². The van der Waals surface area contributed by atoms with Crippen molar-refractivity contribution in [1.82, 2.24) is 10.0 Å². The number of imide groups is 1. The fourth-order valence-corrected chi connectivity index (χ4v) is 6.48. The predicted octanol–water partition coefficient (Wildman–Crippen LogP) is 5.46. The summed E-state index contributed by atoms with van der Waals surface area (Å²) >= 11 is 5.99. The molecule has 7 rings (SSSR count). The van der Waals surface area contributed by atoms with Gasteiger partial charge in [-0.05, 0) is 66.3 Å². The summed E-state index contributed by atoms with van der Waals surface area (Å²) in [6, 6.07) is 24.2. The zero-order valence-corrected chi connectivity index (χ0v) is 23.3. The fraction of sp³-hybridized carbons (Fsp3) is 0.250. The number of hydrogen-bond donors (Lipinski definition) is 0. The number of benzene rings is 3. The summed E-state index contributed by atoms with van der Waals surface area (Å²) in [6.45, 7) is -0.233. The fourth-order valence-electron chi connectivity index (χ4n) is 6.35. The summed E-state index contributed by atoms with van der Waals surface area (Å²) in [5.74, 6) is -1.21. The largest absolute Gasteiger partial charge is 0.271 e. The Kier molecular flexibility index (Phi) is 6.66. The van der Waals surface area contributed by atoms with Crippen LogP contribution < -0.4 is 4.90 Å². The Balaban J connectivity index is 1.18. The van der Waals surface area contributed by atoms with Gasteiger partial charge in [-0.3, -0.25) is 19.4 Å². The third-order valence-corrected chi connectivity index (χ3v) is 8.53. The summed E-state index contributed by atoms with van der Waals surface area (Å²) in [7, 11) is 0. The van der Waals surface area contributed by atoms with Crippen molar-refractivity contribution in [3.8, 4) is 0 Å². The van der Waals surface area contributed by atoms with Gasteiger partial charge in [0.2, 0.25) is 0 Å². The number of hydrazone groups is 1. The Hall–Kier alpha value is -4.63. The molecule has 3 aromatic carbocycles. The van der Waals surface area contributed by atoms with Crippen molar-refractivity contribution in [2.24, 2.45) is 21.4 Å². The molecule has 3 heterocycles. The highest BCUT2D eigenvalue weighted by Crippen LogP contribution is 2.44. The first kappa shape index (κ1) is 26.3. The first-order valence-electron chi connectivity index (χ1n) is 14.0. The maximum Gasteiger partial charge on any atom is 0.264 e. The van der Waals surface area contributed by atoms with Crippen LogP contribution in [-0.2, 0) is 14.4 Å². The number of nitrogens with zero attached hydrogens (tertiary/aromatic N) is 6. The van der Waals surface area contributed by atoms with Gasteiger partial charge in [0.15, 0.2) is 12.1 Å². The van der Waals surface area contributed by atoms with Crippen LogP contribution in [0.25, 0.3) is 6.08 Å². The van der Waals surface area contributed by atoms with E-state index in [2.05, 4.69) is 28.5 Å². The van der Waals surface area contributed by atoms with E-state index in [4.69, 9.17) is 16.7 Å². The van der Waals surface area contributed by atoms with Crippen molar-refractivity contribution in [3.63, 3.8) is 0 Å². The molecule has 9 nitrogen and oxygen atoms in total. The second-order valence-electron chi connectivity index (χ2n) is 10.8. The van der Waals surface area contributed by atoms with Crippen LogP contribution in [0, 0.1) is 5.92 Å². The quantitative estimate of drug-likeness (QED) is 0.376. The van der Waals surface area contributed by atoms with Crippen LogP contribution in [-0.4, -0.2) is 52.1 Å². The molecule has 3 aliphatic heterocycles. The van der Waals surface area contributed by atoms with Gasteiger partial charge in [0.25, 0.3) is 17.7 Å². The van der Waals surface area contributed by atoms with E-state index in [1.807, 2.05) is 48.5 Å². The molecule has 1 aliphatic carbocycles. The summed E-state index contributed by atoms with van der Waals surface area (Å²) in [5, 5.41) is 16.5. The number of amides is 3. The van der Waals surface area contributed by atoms with Crippen molar-refractivity contribution in [2.75, 3.05) is 11.4 Å². The molecule has 42 heavy (non-hydrogen) atoms. The summed E-state index contributed by atoms with van der Waals surface area (Å²) < 4.78 is 0. The van der Waals surface area contributed by atoms with Crippen molar-refractivity contribution in [1.29, 1.82) is 0 Å². The molecular formula is C32H27ClN6O3. The second kappa shape index (κ2) is 10.6. The molecular weight excluding hydrogens is 552 g/mol. The van der Waals surface area contributed by atoms with Crippen LogP contribution in [0.3, 0.4) is 0 Å². The van der Waals surface area contributed by atoms with Crippen molar-refractivity contribution in [3.05, 3.63) is 107 Å². The zero-order valence-electron chi connectivity index (χ0n) is 22.6. The summed E-state index contributed by atoms with van der Waals surface area (Å²) in [6.07, 6.45) is 4.95. The molecule has 4 atom stereocenters. The molecule has 210 valence electrons. The smallest absolute Gasteiger partial charge is 0.264 e. The van der Waals surface area contributed by atoms with Gasteiger partial charge in [0, 0.05) is 10.9 Å². The van der Waals surface area contributed by atoms with E-state index in [0.717, 1.165) is 46.6 Å². The molecule has 0 unspecified atom stereocenters. The first-order chi connectivity index (χ1) is 20.5. The van der Waals surface area contributed by atoms with E-state index in [1.165, 1.54) is 5.01 Å². The van der Waals surface area contributed by atoms with Gasteiger partial charge in [-0.2, -0.15) is 10.2 Å². The first-order valence-corrected chi connectivity index (χ1v) is 14.4. The maximum atomic E-state index is 14.0. The number of rotatable bonds is 5. The average Bonchev–Trinajstić information content (AvgIpc) is 3.68. The molecule has 0 N–H and O–H groups in total. The lowest BCUT2D eigenvalue weighted by atomic mass is 9.77. The van der Waals surface area contributed by atoms with Crippen LogP contribution in [0.15, 0.2) is 106 Å². The third kappa shape index (κ3) is 4.50. The van der Waals surface area contributed by atoms with Gasteiger partial charge in [-0.15, -0.1) is 0 Å². The Morgan fingerprint density at radius 2 is 1.62 bits per heavy atom. The molecule has 3 aromatic rings. The lowest BCUT2D eigenvalue weighted by Crippen LogP contribution is -2.45. The van der Waals surface area contributed by atoms with E-state index < -0.39 is 23.9 Å². The molecule has 2 fully saturated rings. The molecule has 0 radical (unpaired) electrons. The highest BCUT2D eigenvalue weighted by molar-refractivity contribution is 6.31. The minimum Gasteiger partial charge on any atom is -0.271 e. The van der Waals surface area contributed by atoms with Gasteiger partial charge in [-0.25, -0.2) is 9.91 Å².